The summed E-state index contributed by atoms with van der Waals surface area (Å²) in [6, 6.07) is 21.5. The van der Waals surface area contributed by atoms with Crippen molar-refractivity contribution in [2.24, 2.45) is 22.2 Å². The fourth-order valence-corrected chi connectivity index (χ4v) is 9.58. The van der Waals surface area contributed by atoms with E-state index in [1.807, 2.05) is 0 Å². The van der Waals surface area contributed by atoms with Crippen LogP contribution in [0.25, 0.3) is 32.7 Å². The van der Waals surface area contributed by atoms with E-state index in [0.717, 1.165) is 48.5 Å². The van der Waals surface area contributed by atoms with E-state index in [4.69, 9.17) is 0 Å². The molecule has 3 aliphatic carbocycles. The average molecular weight is 1010 g/mol. The second kappa shape index (κ2) is 18.6. The second-order valence-corrected chi connectivity index (χ2v) is 22.9. The van der Waals surface area contributed by atoms with Gasteiger partial charge in [0.2, 0.25) is 0 Å². The van der Waals surface area contributed by atoms with E-state index >= 15 is 0 Å². The zero-order valence-corrected chi connectivity index (χ0v) is 43.9. The standard InChI is InChI=1S/C31H37.C15H8F6.C10H15.2ClH.Zr/c1-28(2,3)26-16-30(7,8)24-12-18-11-19-13-25-23(15-21(19)20(18)14-22(24)26)27(29(4,5)6)17-31(25,9)10;16-14(17,18)12-5-1-10(2-6-12)9-11-3-7-13(8-4-11)15(19,20)21;1-8-5-6-9(7-8)10(2,3)4;;;/h11-17H,1-10H3;1-8H;6-8H,1-4H3;2*1H;/q-1;;-1;;;+2/p-2. The Bertz CT molecular complexity index is 2530. The van der Waals surface area contributed by atoms with Crippen molar-refractivity contribution in [2.45, 2.75) is 120 Å². The summed E-state index contributed by atoms with van der Waals surface area (Å²) in [5.41, 5.74) is 10.6. The van der Waals surface area contributed by atoms with Crippen LogP contribution in [0.15, 0.2) is 109 Å². The third-order valence-electron chi connectivity index (χ3n) is 12.4. The number of rotatable bonds is 2. The van der Waals surface area contributed by atoms with Gasteiger partial charge in [-0.25, -0.2) is 6.08 Å². The Morgan fingerprint density at radius 1 is 0.569 bits per heavy atom. The molecule has 0 spiro atoms. The summed E-state index contributed by atoms with van der Waals surface area (Å²) in [6.45, 7) is 32.3. The molecule has 0 N–H and O–H groups in total. The monoisotopic (exact) mass is 1010 g/mol. The SMILES string of the molecule is CC(C)(C)C1=CC(C)(C)c2cc3[cH-]c4cc5c(cc4c3cc21)C(C(C)(C)C)=CC5(C)C.CC1[C-]=CC(C(C)(C)C)=C1.FC(F)(F)c1ccc([C](=[Zr+2])c2ccc(C(F)(F)F)cc2)cc1.[Cl-].[Cl-]. The number of allylic oxidation sites excluding steroid dienone is 8. The minimum absolute atomic E-state index is 0. The molecule has 1 unspecified atom stereocenters. The summed E-state index contributed by atoms with van der Waals surface area (Å²) in [7, 11) is 0. The normalized spacial score (nSPS) is 17.4. The van der Waals surface area contributed by atoms with Crippen molar-refractivity contribution in [1.29, 1.82) is 0 Å². The third-order valence-corrected chi connectivity index (χ3v) is 13.8. The largest absolute Gasteiger partial charge is 1.00 e. The van der Waals surface area contributed by atoms with Crippen LogP contribution >= 0.6 is 0 Å². The van der Waals surface area contributed by atoms with E-state index in [1.54, 1.807) is 0 Å². The van der Waals surface area contributed by atoms with Crippen molar-refractivity contribution in [3.8, 4) is 0 Å². The van der Waals surface area contributed by atoms with Crippen LogP contribution in [0.1, 0.15) is 141 Å². The molecule has 1 atom stereocenters. The smallest absolute Gasteiger partial charge is 1.00 e. The molecular formula is C56H60Cl2F6Zr-2. The first-order valence-corrected chi connectivity index (χ1v) is 22.9. The summed E-state index contributed by atoms with van der Waals surface area (Å²) < 4.78 is 75.6. The first-order valence-electron chi connectivity index (χ1n) is 21.6. The molecule has 8 rings (SSSR count). The summed E-state index contributed by atoms with van der Waals surface area (Å²) in [4.78, 5) is 0. The number of alkyl halides is 6. The Morgan fingerprint density at radius 2 is 0.923 bits per heavy atom. The molecule has 0 bridgehead atoms. The van der Waals surface area contributed by atoms with Crippen LogP contribution in [0.5, 0.6) is 0 Å². The van der Waals surface area contributed by atoms with Crippen LogP contribution in [0.3, 0.4) is 0 Å². The molecule has 9 heteroatoms. The molecule has 0 aliphatic heterocycles. The van der Waals surface area contributed by atoms with Gasteiger partial charge in [-0.1, -0.05) is 144 Å². The molecule has 3 aliphatic rings. The van der Waals surface area contributed by atoms with Gasteiger partial charge in [0.25, 0.3) is 0 Å². The van der Waals surface area contributed by atoms with Crippen molar-refractivity contribution < 1.29 is 75.4 Å². The van der Waals surface area contributed by atoms with Crippen molar-refractivity contribution in [2.75, 3.05) is 0 Å². The maximum atomic E-state index is 12.5. The summed E-state index contributed by atoms with van der Waals surface area (Å²) in [5, 5.41) is 5.58. The molecule has 5 aromatic rings. The second-order valence-electron chi connectivity index (χ2n) is 21.7. The predicted molar refractivity (Wildman–Crippen MR) is 249 cm³/mol. The zero-order chi connectivity index (χ0) is 47.0. The van der Waals surface area contributed by atoms with Crippen molar-refractivity contribution in [1.82, 2.24) is 0 Å². The van der Waals surface area contributed by atoms with E-state index in [0.29, 0.717) is 25.7 Å². The fourth-order valence-electron chi connectivity index (χ4n) is 8.76. The maximum Gasteiger partial charge on any atom is -1.00 e. The number of benzene rings is 4. The quantitative estimate of drug-likeness (QED) is 0.122. The van der Waals surface area contributed by atoms with Gasteiger partial charge in [0.1, 0.15) is 0 Å². The number of fused-ring (bicyclic) bond motifs is 5. The minimum Gasteiger partial charge on any atom is -1.00 e. The molecule has 65 heavy (non-hydrogen) atoms. The van der Waals surface area contributed by atoms with Gasteiger partial charge in [0, 0.05) is 10.8 Å². The van der Waals surface area contributed by atoms with Crippen molar-refractivity contribution in [3.63, 3.8) is 0 Å². The molecule has 346 valence electrons. The molecule has 0 radical (unpaired) electrons. The van der Waals surface area contributed by atoms with Crippen molar-refractivity contribution >= 4 is 35.9 Å². The van der Waals surface area contributed by atoms with E-state index in [9.17, 15) is 26.3 Å². The molecule has 0 heterocycles. The number of hydrogen-bond acceptors (Lipinski definition) is 0. The molecule has 5 aromatic carbocycles. The molecule has 0 saturated carbocycles. The van der Waals surface area contributed by atoms with Gasteiger partial charge in [-0.15, -0.1) is 39.7 Å². The van der Waals surface area contributed by atoms with E-state index < -0.39 is 23.5 Å². The fraction of sp³-hybridized carbons (Fsp3) is 0.393. The first-order chi connectivity index (χ1) is 28.7. The minimum atomic E-state index is -4.41. The maximum absolute atomic E-state index is 12.5. The Hall–Kier alpha value is -3.38. The first kappa shape index (κ1) is 54.2. The molecule has 0 amide bonds. The van der Waals surface area contributed by atoms with Crippen LogP contribution in [0.4, 0.5) is 26.3 Å². The molecular weight excluding hydrogens is 949 g/mol. The number of hydrogen-bond donors (Lipinski definition) is 0. The van der Waals surface area contributed by atoms with Gasteiger partial charge < -0.3 is 24.8 Å². The van der Waals surface area contributed by atoms with Crippen LogP contribution in [0.2, 0.25) is 0 Å². The Kier molecular flexibility index (Phi) is 15.5. The average Bonchev–Trinajstić information content (AvgIpc) is 3.90. The van der Waals surface area contributed by atoms with Crippen LogP contribution < -0.4 is 24.8 Å². The van der Waals surface area contributed by atoms with Gasteiger partial charge in [-0.2, -0.15) is 11.6 Å². The van der Waals surface area contributed by atoms with Crippen LogP contribution in [0, 0.1) is 28.2 Å². The van der Waals surface area contributed by atoms with Gasteiger partial charge in [-0.3, -0.25) is 6.08 Å². The van der Waals surface area contributed by atoms with E-state index in [1.165, 1.54) is 84.8 Å². The van der Waals surface area contributed by atoms with Crippen LogP contribution in [-0.2, 0) is 47.4 Å². The predicted octanol–water partition coefficient (Wildman–Crippen LogP) is 11.0. The topological polar surface area (TPSA) is 0 Å². The van der Waals surface area contributed by atoms with Crippen LogP contribution in [-0.4, -0.2) is 3.21 Å². The van der Waals surface area contributed by atoms with Gasteiger partial charge >= 0.3 is 137 Å². The van der Waals surface area contributed by atoms with Crippen molar-refractivity contribution in [3.05, 3.63) is 159 Å². The van der Waals surface area contributed by atoms with E-state index in [2.05, 4.69) is 158 Å². The van der Waals surface area contributed by atoms with Gasteiger partial charge in [0.15, 0.2) is 0 Å². The molecule has 0 nitrogen and oxygen atoms in total. The Balaban J connectivity index is 0.000000237. The summed E-state index contributed by atoms with van der Waals surface area (Å²) >= 11 is 0.898. The summed E-state index contributed by atoms with van der Waals surface area (Å²) in [5.74, 6) is 0.522. The molecule has 0 saturated heterocycles. The zero-order valence-electron chi connectivity index (χ0n) is 39.9. The molecule has 0 fully saturated rings. The van der Waals surface area contributed by atoms with Gasteiger partial charge in [-0.05, 0) is 33.1 Å². The number of halogens is 8. The third kappa shape index (κ3) is 11.7. The van der Waals surface area contributed by atoms with E-state index in [-0.39, 0.29) is 46.5 Å². The molecule has 0 aromatic heterocycles. The Labute approximate surface area is 410 Å². The summed E-state index contributed by atoms with van der Waals surface area (Å²) in [6.07, 6.45) is 3.83. The Morgan fingerprint density at radius 3 is 1.18 bits per heavy atom. The van der Waals surface area contributed by atoms with Gasteiger partial charge in [0.05, 0.1) is 0 Å².